The maximum Gasteiger partial charge on any atom is 0.261 e. The number of carbonyl (C=O) groups excluding carboxylic acids is 8. The minimum absolute atomic E-state index is 0.0133. The Bertz CT molecular complexity index is 4550. The first-order valence-corrected chi connectivity index (χ1v) is 32.2. The number of amides is 6. The van der Waals surface area contributed by atoms with Crippen LogP contribution in [0.3, 0.4) is 0 Å². The highest BCUT2D eigenvalue weighted by molar-refractivity contribution is 6.22. The first-order chi connectivity index (χ1) is 49.2. The van der Waals surface area contributed by atoms with Crippen molar-refractivity contribution in [3.05, 3.63) is 294 Å². The lowest BCUT2D eigenvalue weighted by Crippen LogP contribution is -2.29. The van der Waals surface area contributed by atoms with Crippen LogP contribution in [0.1, 0.15) is 138 Å². The van der Waals surface area contributed by atoms with E-state index in [4.69, 9.17) is 0 Å². The molecule has 22 heteroatoms. The number of aromatic hydroxyl groups is 8. The number of imide groups is 2. The van der Waals surface area contributed by atoms with Gasteiger partial charge < -0.3 is 51.5 Å². The Morgan fingerprint density at radius 3 is 0.902 bits per heavy atom. The van der Waals surface area contributed by atoms with Crippen molar-refractivity contribution in [3.63, 3.8) is 0 Å². The Morgan fingerprint density at radius 2 is 0.608 bits per heavy atom. The molecule has 11 rings (SSSR count). The minimum Gasteiger partial charge on any atom is -0.508 e. The number of phenolic OH excluding ortho intramolecular Hbond substituents is 8. The minimum atomic E-state index is -0.489. The second-order valence-corrected chi connectivity index (χ2v) is 24.2. The van der Waals surface area contributed by atoms with Crippen LogP contribution < -0.4 is 10.6 Å². The maximum absolute atomic E-state index is 13.0. The van der Waals surface area contributed by atoms with Gasteiger partial charge in [0.2, 0.25) is 0 Å². The van der Waals surface area contributed by atoms with E-state index in [1.165, 1.54) is 109 Å². The number of hydrogen-bond donors (Lipinski definition) is 10. The Morgan fingerprint density at radius 1 is 0.333 bits per heavy atom. The van der Waals surface area contributed by atoms with Crippen molar-refractivity contribution < 1.29 is 79.2 Å². The summed E-state index contributed by atoms with van der Waals surface area (Å²) in [6.07, 6.45) is 13.3. The molecule has 514 valence electrons. The molecule has 0 saturated carbocycles. The van der Waals surface area contributed by atoms with Gasteiger partial charge in [0, 0.05) is 132 Å². The zero-order valence-corrected chi connectivity index (χ0v) is 54.6. The van der Waals surface area contributed by atoms with Crippen LogP contribution in [0.4, 0.5) is 0 Å². The SMILES string of the molecule is O=Cc1ccccc1C(=O)NC/C=C/c1cc(O)c(CN(Cc2ccc(CN(Cc3cc(O)c(/C=C/CNC(=O)c4ccccc4C=O)cc3O)Cc3cc(O)c(/C=C/CN4C(=O)c5ccccc5C4=O)cc3O)cc2)Cc2cc(O)c(/C=C/CN3C(=O)c4ccccc4C3=O)cc2O)cc1O. The molecule has 0 aliphatic carbocycles. The highest BCUT2D eigenvalue weighted by atomic mass is 16.3. The lowest BCUT2D eigenvalue weighted by molar-refractivity contribution is 0.0656. The van der Waals surface area contributed by atoms with Crippen LogP contribution in [-0.2, 0) is 39.3 Å². The second kappa shape index (κ2) is 31.6. The van der Waals surface area contributed by atoms with Gasteiger partial charge in [-0.2, -0.15) is 0 Å². The van der Waals surface area contributed by atoms with Gasteiger partial charge >= 0.3 is 0 Å². The van der Waals surface area contributed by atoms with Gasteiger partial charge in [0.05, 0.1) is 22.3 Å². The van der Waals surface area contributed by atoms with E-state index < -0.39 is 35.4 Å². The fourth-order valence-corrected chi connectivity index (χ4v) is 12.0. The number of phenols is 8. The molecule has 0 saturated heterocycles. The van der Waals surface area contributed by atoms with Crippen LogP contribution in [0.25, 0.3) is 24.3 Å². The predicted molar refractivity (Wildman–Crippen MR) is 380 cm³/mol. The normalized spacial score (nSPS) is 12.8. The molecule has 102 heavy (non-hydrogen) atoms. The molecule has 6 amide bonds. The zero-order valence-electron chi connectivity index (χ0n) is 54.6. The molecule has 0 radical (unpaired) electrons. The molecule has 2 aliphatic heterocycles. The summed E-state index contributed by atoms with van der Waals surface area (Å²) >= 11 is 0. The lowest BCUT2D eigenvalue weighted by atomic mass is 10.0. The molecule has 10 N–H and O–H groups in total. The van der Waals surface area contributed by atoms with E-state index in [-0.39, 0.29) is 200 Å². The monoisotopic (exact) mass is 1370 g/mol. The Hall–Kier alpha value is -13.2. The fourth-order valence-electron chi connectivity index (χ4n) is 12.0. The number of aldehydes is 2. The van der Waals surface area contributed by atoms with Gasteiger partial charge in [0.15, 0.2) is 12.6 Å². The third kappa shape index (κ3) is 16.2. The van der Waals surface area contributed by atoms with Gasteiger partial charge in [-0.25, -0.2) is 0 Å². The smallest absolute Gasteiger partial charge is 0.261 e. The lowest BCUT2D eigenvalue weighted by Gasteiger charge is -2.25. The molecule has 22 nitrogen and oxygen atoms in total. The van der Waals surface area contributed by atoms with Crippen molar-refractivity contribution in [3.8, 4) is 46.0 Å². The molecule has 0 fully saturated rings. The number of fused-ring (bicyclic) bond motifs is 2. The maximum atomic E-state index is 13.0. The largest absolute Gasteiger partial charge is 0.508 e. The quantitative estimate of drug-likeness (QED) is 0.0124. The molecule has 2 aliphatic rings. The van der Waals surface area contributed by atoms with Crippen molar-refractivity contribution in [2.24, 2.45) is 0 Å². The molecule has 0 bridgehead atoms. The molecule has 9 aromatic rings. The molecular weight excluding hydrogens is 1300 g/mol. The molecule has 0 aromatic heterocycles. The Balaban J connectivity index is 0.835. The summed E-state index contributed by atoms with van der Waals surface area (Å²) in [6.45, 7) is -0.0730. The zero-order chi connectivity index (χ0) is 72.1. The summed E-state index contributed by atoms with van der Waals surface area (Å²) in [6, 6.07) is 43.8. The highest BCUT2D eigenvalue weighted by Gasteiger charge is 2.35. The van der Waals surface area contributed by atoms with E-state index >= 15 is 0 Å². The summed E-state index contributed by atoms with van der Waals surface area (Å²) in [4.78, 5) is 107. The number of nitrogens with zero attached hydrogens (tertiary/aromatic N) is 4. The van der Waals surface area contributed by atoms with Gasteiger partial charge in [0.1, 0.15) is 46.0 Å². The summed E-state index contributed by atoms with van der Waals surface area (Å²) in [5.74, 6) is -4.60. The van der Waals surface area contributed by atoms with Crippen LogP contribution in [0.15, 0.2) is 194 Å². The molecule has 2 heterocycles. The van der Waals surface area contributed by atoms with Gasteiger partial charge in [-0.05, 0) is 96.1 Å². The molecule has 0 spiro atoms. The standard InChI is InChI=1S/C80H68N6O16/c87-47-55-13-1-3-19-61(55)75(97)81-29-9-15-51-33-71(93)57(37-67(51)89)43-83(45-59-39-69(91)53(35-73(59)95)17-11-31-85-77(99)63-21-5-6-22-64(63)78(85)100)41-49-25-27-50(28-26-49)42-84(44-58-38-68(90)52(34-72(58)94)16-10-30-82-76(98)62-20-4-2-14-56(62)48-88)46-60-40-70(92)54(36-74(60)96)18-12-32-86-79(101)65-23-7-8-24-66(65)80(86)102/h1-28,33-40,47-48,89-96H,29-32,41-46H2,(H,81,97)(H,82,98)/b15-9+,16-10+,17-11+,18-12+. The van der Waals surface area contributed by atoms with Crippen LogP contribution in [0, 0.1) is 0 Å². The van der Waals surface area contributed by atoms with E-state index in [9.17, 15) is 79.2 Å². The first kappa shape index (κ1) is 70.1. The Kier molecular flexibility index (Phi) is 21.7. The third-order valence-corrected chi connectivity index (χ3v) is 17.3. The summed E-state index contributed by atoms with van der Waals surface area (Å²) in [5, 5.41) is 97.1. The molecule has 9 aromatic carbocycles. The van der Waals surface area contributed by atoms with E-state index in [1.54, 1.807) is 84.9 Å². The summed E-state index contributed by atoms with van der Waals surface area (Å²) in [5.41, 5.74) is 5.25. The van der Waals surface area contributed by atoms with Gasteiger partial charge in [-0.1, -0.05) is 134 Å². The van der Waals surface area contributed by atoms with Crippen molar-refractivity contribution in [1.82, 2.24) is 30.2 Å². The topological polar surface area (TPSA) is 335 Å². The number of hydrogen-bond acceptors (Lipinski definition) is 18. The molecular formula is C80H68N6O16. The fraction of sp³-hybridized carbons (Fsp3) is 0.125. The van der Waals surface area contributed by atoms with E-state index in [0.29, 0.717) is 23.7 Å². The van der Waals surface area contributed by atoms with Crippen molar-refractivity contribution in [1.29, 1.82) is 0 Å². The number of nitrogens with one attached hydrogen (secondary N) is 2. The second-order valence-electron chi connectivity index (χ2n) is 24.2. The highest BCUT2D eigenvalue weighted by Crippen LogP contribution is 2.37. The van der Waals surface area contributed by atoms with Crippen LogP contribution >= 0.6 is 0 Å². The predicted octanol–water partition coefficient (Wildman–Crippen LogP) is 10.9. The van der Waals surface area contributed by atoms with Crippen molar-refractivity contribution in [2.45, 2.75) is 39.3 Å². The number of rotatable bonds is 28. The van der Waals surface area contributed by atoms with Crippen molar-refractivity contribution in [2.75, 3.05) is 26.2 Å². The Labute approximate surface area is 584 Å². The average molecular weight is 1370 g/mol. The van der Waals surface area contributed by atoms with Crippen LogP contribution in [0.5, 0.6) is 46.0 Å². The summed E-state index contributed by atoms with van der Waals surface area (Å²) < 4.78 is 0. The number of benzene rings is 9. The third-order valence-electron chi connectivity index (χ3n) is 17.3. The van der Waals surface area contributed by atoms with Crippen LogP contribution in [0.2, 0.25) is 0 Å². The average Bonchev–Trinajstić information content (AvgIpc) is 1.60. The molecule has 0 unspecified atom stereocenters. The number of carbonyl (C=O) groups is 8. The molecule has 0 atom stereocenters. The van der Waals surface area contributed by atoms with E-state index in [2.05, 4.69) is 10.6 Å². The van der Waals surface area contributed by atoms with Gasteiger partial charge in [-0.3, -0.25) is 58.0 Å². The van der Waals surface area contributed by atoms with Gasteiger partial charge in [-0.15, -0.1) is 0 Å². The summed E-state index contributed by atoms with van der Waals surface area (Å²) in [7, 11) is 0. The first-order valence-electron chi connectivity index (χ1n) is 32.2. The van der Waals surface area contributed by atoms with E-state index in [1.807, 2.05) is 34.1 Å². The van der Waals surface area contributed by atoms with Crippen molar-refractivity contribution >= 4 is 72.3 Å². The van der Waals surface area contributed by atoms with Crippen LogP contribution in [-0.4, -0.2) is 135 Å². The van der Waals surface area contributed by atoms with Gasteiger partial charge in [0.25, 0.3) is 35.4 Å². The van der Waals surface area contributed by atoms with E-state index in [0.717, 1.165) is 9.80 Å².